The number of amides is 1. The summed E-state index contributed by atoms with van der Waals surface area (Å²) in [5.41, 5.74) is 1.05. The van der Waals surface area contributed by atoms with Crippen molar-refractivity contribution < 1.29 is 4.79 Å². The van der Waals surface area contributed by atoms with Crippen molar-refractivity contribution >= 4 is 17.4 Å². The molecule has 0 bridgehead atoms. The molecule has 2 fully saturated rings. The zero-order valence-electron chi connectivity index (χ0n) is 12.6. The summed E-state index contributed by atoms with van der Waals surface area (Å²) in [4.78, 5) is 16.5. The molecular formula is C17H25N3O. The van der Waals surface area contributed by atoms with Crippen LogP contribution in [-0.4, -0.2) is 16.9 Å². The standard InChI is InChI=1S/C17H25N3O/c21-17(13-6-2-1-3-7-13)20-16-11-10-15(12-18-16)19-14-8-4-5-9-14/h10-14,19H,1-9H2,(H,18,20,21). The highest BCUT2D eigenvalue weighted by Gasteiger charge is 2.21. The van der Waals surface area contributed by atoms with Gasteiger partial charge in [-0.3, -0.25) is 4.79 Å². The minimum atomic E-state index is 0.138. The van der Waals surface area contributed by atoms with E-state index in [1.54, 1.807) is 0 Å². The number of hydrogen-bond acceptors (Lipinski definition) is 3. The molecule has 1 heterocycles. The Morgan fingerprint density at radius 3 is 2.38 bits per heavy atom. The molecule has 0 atom stereocenters. The highest BCUT2D eigenvalue weighted by atomic mass is 16.1. The van der Waals surface area contributed by atoms with Crippen molar-refractivity contribution in [1.29, 1.82) is 0 Å². The van der Waals surface area contributed by atoms with Crippen LogP contribution in [0, 0.1) is 5.92 Å². The van der Waals surface area contributed by atoms with E-state index in [-0.39, 0.29) is 11.8 Å². The van der Waals surface area contributed by atoms with E-state index >= 15 is 0 Å². The van der Waals surface area contributed by atoms with Crippen LogP contribution in [0.3, 0.4) is 0 Å². The fourth-order valence-corrected chi connectivity index (χ4v) is 3.45. The van der Waals surface area contributed by atoms with E-state index in [4.69, 9.17) is 0 Å². The molecule has 3 rings (SSSR count). The molecule has 0 saturated heterocycles. The lowest BCUT2D eigenvalue weighted by Crippen LogP contribution is -2.25. The number of anilines is 2. The molecule has 2 aliphatic carbocycles. The maximum atomic E-state index is 12.2. The van der Waals surface area contributed by atoms with Crippen LogP contribution in [0.25, 0.3) is 0 Å². The number of aromatic nitrogens is 1. The Morgan fingerprint density at radius 1 is 1.00 bits per heavy atom. The molecule has 1 aromatic heterocycles. The lowest BCUT2D eigenvalue weighted by molar-refractivity contribution is -0.120. The largest absolute Gasteiger partial charge is 0.381 e. The summed E-state index contributed by atoms with van der Waals surface area (Å²) >= 11 is 0. The van der Waals surface area contributed by atoms with Crippen LogP contribution in [0.4, 0.5) is 11.5 Å². The number of rotatable bonds is 4. The SMILES string of the molecule is O=C(Nc1ccc(NC2CCCC2)cn1)C1CCCCC1. The Bertz CT molecular complexity index is 459. The Labute approximate surface area is 126 Å². The monoisotopic (exact) mass is 287 g/mol. The van der Waals surface area contributed by atoms with Gasteiger partial charge in [-0.25, -0.2) is 4.98 Å². The predicted molar refractivity (Wildman–Crippen MR) is 85.3 cm³/mol. The van der Waals surface area contributed by atoms with Gasteiger partial charge in [0.25, 0.3) is 0 Å². The van der Waals surface area contributed by atoms with Crippen molar-refractivity contribution in [2.75, 3.05) is 10.6 Å². The van der Waals surface area contributed by atoms with E-state index in [9.17, 15) is 4.79 Å². The molecule has 114 valence electrons. The third kappa shape index (κ3) is 3.96. The van der Waals surface area contributed by atoms with Crippen LogP contribution >= 0.6 is 0 Å². The fraction of sp³-hybridized carbons (Fsp3) is 0.647. The van der Waals surface area contributed by atoms with Crippen molar-refractivity contribution in [2.45, 2.75) is 63.8 Å². The lowest BCUT2D eigenvalue weighted by atomic mass is 9.89. The maximum absolute atomic E-state index is 12.2. The topological polar surface area (TPSA) is 54.0 Å². The smallest absolute Gasteiger partial charge is 0.228 e. The van der Waals surface area contributed by atoms with Crippen molar-refractivity contribution in [2.24, 2.45) is 5.92 Å². The molecule has 0 aromatic carbocycles. The van der Waals surface area contributed by atoms with Crippen LogP contribution in [0.2, 0.25) is 0 Å². The average Bonchev–Trinajstić information content (AvgIpc) is 3.03. The van der Waals surface area contributed by atoms with E-state index in [0.717, 1.165) is 18.5 Å². The molecule has 0 unspecified atom stereocenters. The van der Waals surface area contributed by atoms with Gasteiger partial charge < -0.3 is 10.6 Å². The maximum Gasteiger partial charge on any atom is 0.228 e. The van der Waals surface area contributed by atoms with Gasteiger partial charge in [0.05, 0.1) is 11.9 Å². The zero-order valence-corrected chi connectivity index (χ0v) is 12.6. The predicted octanol–water partition coefficient (Wildman–Crippen LogP) is 3.95. The van der Waals surface area contributed by atoms with Crippen LogP contribution in [-0.2, 0) is 4.79 Å². The molecule has 2 saturated carbocycles. The minimum absolute atomic E-state index is 0.138. The van der Waals surface area contributed by atoms with Crippen LogP contribution in [0.15, 0.2) is 18.3 Å². The van der Waals surface area contributed by atoms with Gasteiger partial charge in [0.15, 0.2) is 0 Å². The molecule has 1 amide bonds. The van der Waals surface area contributed by atoms with E-state index < -0.39 is 0 Å². The third-order valence-corrected chi connectivity index (χ3v) is 4.72. The van der Waals surface area contributed by atoms with Gasteiger partial charge in [-0.1, -0.05) is 32.1 Å². The minimum Gasteiger partial charge on any atom is -0.381 e. The van der Waals surface area contributed by atoms with Crippen molar-refractivity contribution in [3.8, 4) is 0 Å². The highest BCUT2D eigenvalue weighted by Crippen LogP contribution is 2.25. The van der Waals surface area contributed by atoms with Crippen LogP contribution in [0.1, 0.15) is 57.8 Å². The second kappa shape index (κ2) is 6.92. The molecule has 0 spiro atoms. The van der Waals surface area contributed by atoms with Crippen molar-refractivity contribution in [3.63, 3.8) is 0 Å². The van der Waals surface area contributed by atoms with Gasteiger partial charge in [-0.05, 0) is 37.8 Å². The molecule has 0 radical (unpaired) electrons. The Balaban J connectivity index is 1.52. The Kier molecular flexibility index (Phi) is 4.73. The first kappa shape index (κ1) is 14.4. The molecule has 0 aliphatic heterocycles. The Morgan fingerprint density at radius 2 is 1.71 bits per heavy atom. The van der Waals surface area contributed by atoms with Gasteiger partial charge in [0.1, 0.15) is 5.82 Å². The second-order valence-electron chi connectivity index (χ2n) is 6.38. The first-order chi connectivity index (χ1) is 10.3. The number of nitrogens with zero attached hydrogens (tertiary/aromatic N) is 1. The van der Waals surface area contributed by atoms with Gasteiger partial charge in [0.2, 0.25) is 5.91 Å². The molecule has 4 nitrogen and oxygen atoms in total. The van der Waals surface area contributed by atoms with Gasteiger partial charge in [-0.15, -0.1) is 0 Å². The summed E-state index contributed by atoms with van der Waals surface area (Å²) in [5.74, 6) is 0.984. The van der Waals surface area contributed by atoms with Crippen molar-refractivity contribution in [3.05, 3.63) is 18.3 Å². The van der Waals surface area contributed by atoms with Gasteiger partial charge >= 0.3 is 0 Å². The van der Waals surface area contributed by atoms with Gasteiger partial charge in [-0.2, -0.15) is 0 Å². The first-order valence-electron chi connectivity index (χ1n) is 8.35. The van der Waals surface area contributed by atoms with Crippen molar-refractivity contribution in [1.82, 2.24) is 4.98 Å². The summed E-state index contributed by atoms with van der Waals surface area (Å²) in [6.07, 6.45) is 12.6. The average molecular weight is 287 g/mol. The quantitative estimate of drug-likeness (QED) is 0.881. The second-order valence-corrected chi connectivity index (χ2v) is 6.38. The van der Waals surface area contributed by atoms with E-state index in [1.165, 1.54) is 44.9 Å². The normalized spacial score (nSPS) is 20.4. The number of hydrogen-bond donors (Lipinski definition) is 2. The summed E-state index contributed by atoms with van der Waals surface area (Å²) in [5, 5.41) is 6.46. The zero-order chi connectivity index (χ0) is 14.5. The van der Waals surface area contributed by atoms with Crippen LogP contribution in [0.5, 0.6) is 0 Å². The summed E-state index contributed by atoms with van der Waals surface area (Å²) < 4.78 is 0. The lowest BCUT2D eigenvalue weighted by Gasteiger charge is -2.20. The molecule has 1 aromatic rings. The molecule has 4 heteroatoms. The summed E-state index contributed by atoms with van der Waals surface area (Å²) in [7, 11) is 0. The highest BCUT2D eigenvalue weighted by molar-refractivity contribution is 5.91. The Hall–Kier alpha value is -1.58. The molecule has 21 heavy (non-hydrogen) atoms. The third-order valence-electron chi connectivity index (χ3n) is 4.72. The molecule has 2 aliphatic rings. The van der Waals surface area contributed by atoms with Gasteiger partial charge in [0, 0.05) is 12.0 Å². The van der Waals surface area contributed by atoms with Crippen LogP contribution < -0.4 is 10.6 Å². The summed E-state index contributed by atoms with van der Waals surface area (Å²) in [6.45, 7) is 0. The number of nitrogens with one attached hydrogen (secondary N) is 2. The van der Waals surface area contributed by atoms with E-state index in [0.29, 0.717) is 11.9 Å². The number of pyridine rings is 1. The number of carbonyl (C=O) groups excluding carboxylic acids is 1. The summed E-state index contributed by atoms with van der Waals surface area (Å²) in [6, 6.07) is 4.51. The first-order valence-corrected chi connectivity index (χ1v) is 8.35. The fourth-order valence-electron chi connectivity index (χ4n) is 3.45. The molecule has 2 N–H and O–H groups in total. The molecular weight excluding hydrogens is 262 g/mol. The van der Waals surface area contributed by atoms with E-state index in [2.05, 4.69) is 15.6 Å². The van der Waals surface area contributed by atoms with E-state index in [1.807, 2.05) is 18.3 Å². The number of carbonyl (C=O) groups is 1.